The summed E-state index contributed by atoms with van der Waals surface area (Å²) in [7, 11) is 0. The number of hydrogen-bond donors (Lipinski definition) is 2. The Bertz CT molecular complexity index is 718. The van der Waals surface area contributed by atoms with E-state index in [-0.39, 0.29) is 31.8 Å². The van der Waals surface area contributed by atoms with Crippen LogP contribution < -0.4 is 0 Å². The minimum absolute atomic E-state index is 0.0214. The zero-order valence-corrected chi connectivity index (χ0v) is 12.4. The van der Waals surface area contributed by atoms with Gasteiger partial charge in [-0.25, -0.2) is 9.78 Å². The van der Waals surface area contributed by atoms with E-state index in [2.05, 4.69) is 4.98 Å². The van der Waals surface area contributed by atoms with Crippen LogP contribution in [0.4, 0.5) is 0 Å². The topological polar surface area (TPSA) is 95.7 Å². The molecule has 0 atom stereocenters. The number of aliphatic carboxylic acids is 1. The molecule has 1 aromatic heterocycles. The van der Waals surface area contributed by atoms with E-state index in [4.69, 9.17) is 5.11 Å². The van der Waals surface area contributed by atoms with Crippen molar-refractivity contribution in [2.75, 3.05) is 13.1 Å². The van der Waals surface area contributed by atoms with Crippen LogP contribution in [-0.2, 0) is 4.79 Å². The lowest BCUT2D eigenvalue weighted by Gasteiger charge is -2.35. The van der Waals surface area contributed by atoms with Gasteiger partial charge < -0.3 is 15.1 Å². The van der Waals surface area contributed by atoms with Crippen molar-refractivity contribution in [2.45, 2.75) is 18.4 Å². The first-order chi connectivity index (χ1) is 11.0. The predicted molar refractivity (Wildman–Crippen MR) is 81.3 cm³/mol. The van der Waals surface area contributed by atoms with Gasteiger partial charge in [-0.3, -0.25) is 9.36 Å². The Kier molecular flexibility index (Phi) is 3.87. The van der Waals surface area contributed by atoms with Gasteiger partial charge in [-0.05, 0) is 12.1 Å². The number of nitrogens with zero attached hydrogens (tertiary/aromatic N) is 3. The molecular formula is C16H17N3O4. The monoisotopic (exact) mass is 315 g/mol. The molecule has 1 fully saturated rings. The van der Waals surface area contributed by atoms with E-state index in [1.165, 1.54) is 6.20 Å². The molecule has 7 nitrogen and oxygen atoms in total. The highest BCUT2D eigenvalue weighted by molar-refractivity contribution is 5.93. The molecule has 23 heavy (non-hydrogen) atoms. The second kappa shape index (κ2) is 5.85. The van der Waals surface area contributed by atoms with Crippen molar-refractivity contribution < 1.29 is 19.8 Å². The smallest absolute Gasteiger partial charge is 0.335 e. The molecule has 0 spiro atoms. The second-order valence-corrected chi connectivity index (χ2v) is 5.61. The maximum atomic E-state index is 12.7. The molecule has 1 aliphatic rings. The molecule has 0 radical (unpaired) electrons. The maximum absolute atomic E-state index is 12.7. The molecule has 0 aliphatic carbocycles. The Morgan fingerprint density at radius 2 is 1.78 bits per heavy atom. The number of aromatic nitrogens is 2. The van der Waals surface area contributed by atoms with Gasteiger partial charge in [-0.2, -0.15) is 0 Å². The minimum Gasteiger partial charge on any atom is -0.479 e. The third-order valence-electron chi connectivity index (χ3n) is 4.17. The van der Waals surface area contributed by atoms with Crippen molar-refractivity contribution in [3.63, 3.8) is 0 Å². The van der Waals surface area contributed by atoms with Crippen LogP contribution in [-0.4, -0.2) is 55.2 Å². The van der Waals surface area contributed by atoms with Gasteiger partial charge in [0, 0.05) is 31.6 Å². The number of benzene rings is 1. The number of imidazole rings is 1. The number of para-hydroxylation sites is 1. The van der Waals surface area contributed by atoms with Gasteiger partial charge in [0.15, 0.2) is 5.60 Å². The molecule has 0 unspecified atom stereocenters. The largest absolute Gasteiger partial charge is 0.479 e. The summed E-state index contributed by atoms with van der Waals surface area (Å²) in [5.41, 5.74) is -0.499. The normalized spacial score (nSPS) is 17.0. The molecule has 2 aromatic rings. The van der Waals surface area contributed by atoms with E-state index in [0.29, 0.717) is 5.69 Å². The summed E-state index contributed by atoms with van der Waals surface area (Å²) in [6.45, 7) is 0.392. The molecule has 1 saturated heterocycles. The lowest BCUT2D eigenvalue weighted by atomic mass is 9.91. The number of amides is 1. The molecule has 2 heterocycles. The van der Waals surface area contributed by atoms with Crippen LogP contribution in [0.2, 0.25) is 0 Å². The fraction of sp³-hybridized carbons (Fsp3) is 0.312. The van der Waals surface area contributed by atoms with Crippen LogP contribution in [0.3, 0.4) is 0 Å². The summed E-state index contributed by atoms with van der Waals surface area (Å²) in [6.07, 6.45) is 3.11. The summed E-state index contributed by atoms with van der Waals surface area (Å²) < 4.78 is 1.69. The Morgan fingerprint density at radius 1 is 1.13 bits per heavy atom. The molecule has 1 amide bonds. The van der Waals surface area contributed by atoms with E-state index >= 15 is 0 Å². The van der Waals surface area contributed by atoms with Crippen molar-refractivity contribution in [1.29, 1.82) is 0 Å². The standard InChI is InChI=1S/C16H17N3O4/c20-14(18-8-6-16(23,7-9-18)15(21)22)13-10-17-11-19(13)12-4-2-1-3-5-12/h1-5,10-11,23H,6-9H2,(H,21,22). The van der Waals surface area contributed by atoms with Crippen LogP contribution in [0.5, 0.6) is 0 Å². The van der Waals surface area contributed by atoms with Crippen molar-refractivity contribution in [1.82, 2.24) is 14.5 Å². The van der Waals surface area contributed by atoms with E-state index in [9.17, 15) is 14.7 Å². The number of carboxylic acid groups (broad SMARTS) is 1. The number of rotatable bonds is 3. The summed E-state index contributed by atoms with van der Waals surface area (Å²) in [5, 5.41) is 19.0. The van der Waals surface area contributed by atoms with Crippen LogP contribution in [0, 0.1) is 0 Å². The van der Waals surface area contributed by atoms with Gasteiger partial charge in [0.1, 0.15) is 5.69 Å². The average Bonchev–Trinajstić information content (AvgIpc) is 3.05. The second-order valence-electron chi connectivity index (χ2n) is 5.61. The summed E-state index contributed by atoms with van der Waals surface area (Å²) in [6, 6.07) is 9.38. The van der Waals surface area contributed by atoms with Gasteiger partial charge in [-0.15, -0.1) is 0 Å². The van der Waals surface area contributed by atoms with E-state index in [1.807, 2.05) is 30.3 Å². The van der Waals surface area contributed by atoms with Gasteiger partial charge in [0.05, 0.1) is 12.5 Å². The average molecular weight is 315 g/mol. The van der Waals surface area contributed by atoms with Gasteiger partial charge in [0.25, 0.3) is 5.91 Å². The number of hydrogen-bond acceptors (Lipinski definition) is 4. The Hall–Kier alpha value is -2.67. The molecule has 1 aromatic carbocycles. The lowest BCUT2D eigenvalue weighted by molar-refractivity contribution is -0.162. The number of carbonyl (C=O) groups excluding carboxylic acids is 1. The van der Waals surface area contributed by atoms with Crippen LogP contribution in [0.25, 0.3) is 5.69 Å². The molecule has 0 saturated carbocycles. The van der Waals surface area contributed by atoms with Crippen molar-refractivity contribution in [3.05, 3.63) is 48.5 Å². The molecule has 1 aliphatic heterocycles. The first kappa shape index (κ1) is 15.2. The van der Waals surface area contributed by atoms with Crippen molar-refractivity contribution >= 4 is 11.9 Å². The fourth-order valence-electron chi connectivity index (χ4n) is 2.70. The van der Waals surface area contributed by atoms with Crippen LogP contribution in [0.1, 0.15) is 23.3 Å². The van der Waals surface area contributed by atoms with E-state index < -0.39 is 11.6 Å². The number of piperidine rings is 1. The molecular weight excluding hydrogens is 298 g/mol. The first-order valence-corrected chi connectivity index (χ1v) is 7.34. The lowest BCUT2D eigenvalue weighted by Crippen LogP contribution is -2.51. The quantitative estimate of drug-likeness (QED) is 0.878. The predicted octanol–water partition coefficient (Wildman–Crippen LogP) is 0.924. The number of carbonyl (C=O) groups is 2. The Labute approximate surface area is 132 Å². The number of likely N-dealkylation sites (tertiary alicyclic amines) is 1. The van der Waals surface area contributed by atoms with Gasteiger partial charge in [0.2, 0.25) is 0 Å². The highest BCUT2D eigenvalue weighted by atomic mass is 16.4. The third kappa shape index (κ3) is 2.83. The SMILES string of the molecule is O=C(c1cncn1-c1ccccc1)N1CCC(O)(C(=O)O)CC1. The third-order valence-corrected chi connectivity index (χ3v) is 4.17. The summed E-state index contributed by atoms with van der Waals surface area (Å²) in [4.78, 5) is 29.3. The zero-order chi connectivity index (χ0) is 16.4. The molecule has 7 heteroatoms. The van der Waals surface area contributed by atoms with Gasteiger partial charge >= 0.3 is 5.97 Å². The molecule has 2 N–H and O–H groups in total. The summed E-state index contributed by atoms with van der Waals surface area (Å²) >= 11 is 0. The zero-order valence-electron chi connectivity index (χ0n) is 12.4. The van der Waals surface area contributed by atoms with Crippen molar-refractivity contribution in [3.8, 4) is 5.69 Å². The summed E-state index contributed by atoms with van der Waals surface area (Å²) in [5.74, 6) is -1.46. The number of carboxylic acids is 1. The van der Waals surface area contributed by atoms with Crippen LogP contribution >= 0.6 is 0 Å². The first-order valence-electron chi connectivity index (χ1n) is 7.34. The molecule has 120 valence electrons. The van der Waals surface area contributed by atoms with E-state index in [0.717, 1.165) is 5.69 Å². The highest BCUT2D eigenvalue weighted by Crippen LogP contribution is 2.24. The maximum Gasteiger partial charge on any atom is 0.335 e. The highest BCUT2D eigenvalue weighted by Gasteiger charge is 2.40. The Morgan fingerprint density at radius 3 is 2.39 bits per heavy atom. The van der Waals surface area contributed by atoms with Gasteiger partial charge in [-0.1, -0.05) is 18.2 Å². The minimum atomic E-state index is -1.74. The van der Waals surface area contributed by atoms with Crippen molar-refractivity contribution in [2.24, 2.45) is 0 Å². The fourth-order valence-corrected chi connectivity index (χ4v) is 2.70. The van der Waals surface area contributed by atoms with E-state index in [1.54, 1.807) is 15.8 Å². The Balaban J connectivity index is 1.78. The number of aliphatic hydroxyl groups is 1. The van der Waals surface area contributed by atoms with Crippen LogP contribution in [0.15, 0.2) is 42.9 Å². The molecule has 0 bridgehead atoms. The molecule has 3 rings (SSSR count).